The number of carbonyl (C=O) groups excluding carboxylic acids is 2. The van der Waals surface area contributed by atoms with Crippen LogP contribution in [0.4, 0.5) is 14.6 Å². The SMILES string of the molecule is CCC[C@H](NC(=O)Cc1cc(F)cc(F)c1)C(=O)Nc1cn(C(C)(C)CN2CCCC2)cn1. The summed E-state index contributed by atoms with van der Waals surface area (Å²) in [5.41, 5.74) is 0.0250. The van der Waals surface area contributed by atoms with Crippen molar-refractivity contribution >= 4 is 17.6 Å². The maximum Gasteiger partial charge on any atom is 0.248 e. The molecule has 0 unspecified atom stereocenters. The first-order chi connectivity index (χ1) is 15.7. The van der Waals surface area contributed by atoms with Crippen molar-refractivity contribution in [3.8, 4) is 0 Å². The predicted molar refractivity (Wildman–Crippen MR) is 123 cm³/mol. The Bertz CT molecular complexity index is 949. The topological polar surface area (TPSA) is 79.3 Å². The average molecular weight is 462 g/mol. The quantitative estimate of drug-likeness (QED) is 0.568. The van der Waals surface area contributed by atoms with Gasteiger partial charge in [0, 0.05) is 18.8 Å². The van der Waals surface area contributed by atoms with E-state index in [-0.39, 0.29) is 23.4 Å². The number of nitrogens with one attached hydrogen (secondary N) is 2. The fourth-order valence-electron chi connectivity index (χ4n) is 4.20. The fraction of sp³-hybridized carbons (Fsp3) is 0.542. The molecule has 180 valence electrons. The lowest BCUT2D eigenvalue weighted by molar-refractivity contribution is -0.126. The summed E-state index contributed by atoms with van der Waals surface area (Å²) >= 11 is 0. The van der Waals surface area contributed by atoms with Crippen LogP contribution in [0.1, 0.15) is 52.0 Å². The maximum atomic E-state index is 13.4. The van der Waals surface area contributed by atoms with Gasteiger partial charge in [0.25, 0.3) is 0 Å². The number of imidazole rings is 1. The Kier molecular flexibility index (Phi) is 8.18. The molecular weight excluding hydrogens is 428 g/mol. The molecule has 0 bridgehead atoms. The van der Waals surface area contributed by atoms with E-state index in [1.165, 1.54) is 12.8 Å². The van der Waals surface area contributed by atoms with E-state index in [1.807, 2.05) is 11.5 Å². The van der Waals surface area contributed by atoms with Gasteiger partial charge in [0.2, 0.25) is 11.8 Å². The smallest absolute Gasteiger partial charge is 0.248 e. The van der Waals surface area contributed by atoms with Crippen LogP contribution >= 0.6 is 0 Å². The third kappa shape index (κ3) is 7.08. The van der Waals surface area contributed by atoms with Gasteiger partial charge in [-0.05, 0) is 63.9 Å². The molecule has 1 aromatic carbocycles. The lowest BCUT2D eigenvalue weighted by Crippen LogP contribution is -2.44. The minimum absolute atomic E-state index is 0.183. The Morgan fingerprint density at radius 1 is 1.15 bits per heavy atom. The van der Waals surface area contributed by atoms with E-state index >= 15 is 0 Å². The molecule has 1 aliphatic heterocycles. The molecule has 2 heterocycles. The largest absolute Gasteiger partial charge is 0.344 e. The lowest BCUT2D eigenvalue weighted by atomic mass is 10.1. The number of nitrogens with zero attached hydrogens (tertiary/aromatic N) is 3. The number of amides is 2. The van der Waals surface area contributed by atoms with Gasteiger partial charge >= 0.3 is 0 Å². The van der Waals surface area contributed by atoms with Gasteiger partial charge < -0.3 is 20.1 Å². The normalized spacial score (nSPS) is 15.4. The van der Waals surface area contributed by atoms with Crippen LogP contribution < -0.4 is 10.6 Å². The van der Waals surface area contributed by atoms with E-state index in [0.29, 0.717) is 18.7 Å². The van der Waals surface area contributed by atoms with E-state index in [0.717, 1.165) is 37.8 Å². The van der Waals surface area contributed by atoms with Crippen molar-refractivity contribution < 1.29 is 18.4 Å². The molecule has 0 radical (unpaired) electrons. The number of aromatic nitrogens is 2. The minimum Gasteiger partial charge on any atom is -0.344 e. The first-order valence-electron chi connectivity index (χ1n) is 11.5. The van der Waals surface area contributed by atoms with Gasteiger partial charge in [-0.2, -0.15) is 0 Å². The van der Waals surface area contributed by atoms with Crippen molar-refractivity contribution in [2.24, 2.45) is 0 Å². The molecule has 1 fully saturated rings. The molecule has 1 aliphatic rings. The van der Waals surface area contributed by atoms with E-state index in [1.54, 1.807) is 12.5 Å². The summed E-state index contributed by atoms with van der Waals surface area (Å²) in [5, 5.41) is 5.45. The molecule has 2 amide bonds. The highest BCUT2D eigenvalue weighted by molar-refractivity contribution is 5.96. The van der Waals surface area contributed by atoms with Crippen LogP contribution in [-0.4, -0.2) is 51.9 Å². The van der Waals surface area contributed by atoms with Gasteiger partial charge in [0.15, 0.2) is 5.82 Å². The minimum atomic E-state index is -0.774. The fourth-order valence-corrected chi connectivity index (χ4v) is 4.20. The zero-order valence-corrected chi connectivity index (χ0v) is 19.5. The van der Waals surface area contributed by atoms with Crippen molar-refractivity contribution in [2.45, 2.75) is 64.5 Å². The van der Waals surface area contributed by atoms with Crippen LogP contribution in [0.25, 0.3) is 0 Å². The molecular formula is C24H33F2N5O2. The molecule has 1 aromatic heterocycles. The Balaban J connectivity index is 1.60. The molecule has 0 saturated carbocycles. The van der Waals surface area contributed by atoms with E-state index < -0.39 is 23.6 Å². The number of carbonyl (C=O) groups is 2. The Morgan fingerprint density at radius 3 is 2.45 bits per heavy atom. The standard InChI is InChI=1S/C24H33F2N5O2/c1-4-7-20(28-22(32)12-17-10-18(25)13-19(26)11-17)23(33)29-21-14-31(16-27-21)24(2,3)15-30-8-5-6-9-30/h10-11,13-14,16,20H,4-9,12,15H2,1-3H3,(H,28,32)(H,29,33)/t20-/m0/s1. The van der Waals surface area contributed by atoms with Crippen LogP contribution in [0.2, 0.25) is 0 Å². The van der Waals surface area contributed by atoms with Gasteiger partial charge in [-0.25, -0.2) is 13.8 Å². The number of hydrogen-bond donors (Lipinski definition) is 2. The Hall–Kier alpha value is -2.81. The molecule has 7 nitrogen and oxygen atoms in total. The first-order valence-corrected chi connectivity index (χ1v) is 11.5. The number of anilines is 1. The van der Waals surface area contributed by atoms with Crippen molar-refractivity contribution in [1.29, 1.82) is 0 Å². The van der Waals surface area contributed by atoms with Crippen LogP contribution in [0, 0.1) is 11.6 Å². The molecule has 3 rings (SSSR count). The Labute approximate surface area is 193 Å². The second kappa shape index (κ2) is 10.9. The molecule has 33 heavy (non-hydrogen) atoms. The summed E-state index contributed by atoms with van der Waals surface area (Å²) in [6.45, 7) is 9.27. The van der Waals surface area contributed by atoms with Crippen LogP contribution in [0.3, 0.4) is 0 Å². The van der Waals surface area contributed by atoms with Gasteiger partial charge in [0.05, 0.1) is 18.3 Å². The van der Waals surface area contributed by atoms with Gasteiger partial charge in [0.1, 0.15) is 17.7 Å². The molecule has 0 aliphatic carbocycles. The summed E-state index contributed by atoms with van der Waals surface area (Å²) in [6.07, 6.45) is 6.83. The molecule has 2 N–H and O–H groups in total. The van der Waals surface area contributed by atoms with Gasteiger partial charge in [-0.15, -0.1) is 0 Å². The molecule has 1 atom stereocenters. The zero-order chi connectivity index (χ0) is 24.0. The van der Waals surface area contributed by atoms with Gasteiger partial charge in [-0.1, -0.05) is 13.3 Å². The van der Waals surface area contributed by atoms with Crippen LogP contribution in [-0.2, 0) is 21.5 Å². The highest BCUT2D eigenvalue weighted by Crippen LogP contribution is 2.21. The summed E-state index contributed by atoms with van der Waals surface area (Å²) in [7, 11) is 0. The molecule has 2 aromatic rings. The maximum absolute atomic E-state index is 13.4. The van der Waals surface area contributed by atoms with Crippen molar-refractivity contribution in [3.05, 3.63) is 47.9 Å². The highest BCUT2D eigenvalue weighted by atomic mass is 19.1. The molecule has 0 spiro atoms. The molecule has 9 heteroatoms. The molecule has 1 saturated heterocycles. The number of likely N-dealkylation sites (tertiary alicyclic amines) is 1. The second-order valence-corrected chi connectivity index (χ2v) is 9.31. The number of hydrogen-bond acceptors (Lipinski definition) is 4. The average Bonchev–Trinajstić information content (AvgIpc) is 3.39. The Morgan fingerprint density at radius 2 is 1.82 bits per heavy atom. The first kappa shape index (κ1) is 24.8. The third-order valence-corrected chi connectivity index (χ3v) is 5.86. The second-order valence-electron chi connectivity index (χ2n) is 9.31. The monoisotopic (exact) mass is 461 g/mol. The van der Waals surface area contributed by atoms with Crippen LogP contribution in [0.5, 0.6) is 0 Å². The summed E-state index contributed by atoms with van der Waals surface area (Å²) in [5.74, 6) is -1.94. The van der Waals surface area contributed by atoms with Crippen molar-refractivity contribution in [3.63, 3.8) is 0 Å². The number of benzene rings is 1. The third-order valence-electron chi connectivity index (χ3n) is 5.86. The van der Waals surface area contributed by atoms with Crippen LogP contribution in [0.15, 0.2) is 30.7 Å². The van der Waals surface area contributed by atoms with E-state index in [2.05, 4.69) is 34.4 Å². The lowest BCUT2D eigenvalue weighted by Gasteiger charge is -2.31. The highest BCUT2D eigenvalue weighted by Gasteiger charge is 2.26. The van der Waals surface area contributed by atoms with Crippen molar-refractivity contribution in [2.75, 3.05) is 25.0 Å². The van der Waals surface area contributed by atoms with Gasteiger partial charge in [-0.3, -0.25) is 9.59 Å². The van der Waals surface area contributed by atoms with Crippen molar-refractivity contribution in [1.82, 2.24) is 19.8 Å². The van der Waals surface area contributed by atoms with E-state index in [4.69, 9.17) is 0 Å². The summed E-state index contributed by atoms with van der Waals surface area (Å²) < 4.78 is 28.8. The predicted octanol–water partition coefficient (Wildman–Crippen LogP) is 3.46. The number of halogens is 2. The number of rotatable bonds is 10. The van der Waals surface area contributed by atoms with E-state index in [9.17, 15) is 18.4 Å². The zero-order valence-electron chi connectivity index (χ0n) is 19.5. The summed E-state index contributed by atoms with van der Waals surface area (Å²) in [6, 6.07) is 2.19. The summed E-state index contributed by atoms with van der Waals surface area (Å²) in [4.78, 5) is 32.0.